The van der Waals surface area contributed by atoms with E-state index in [0.717, 1.165) is 0 Å². The molecule has 0 spiro atoms. The number of nitrogens with one attached hydrogen (secondary N) is 2. The maximum absolute atomic E-state index is 12.8. The lowest BCUT2D eigenvalue weighted by molar-refractivity contribution is 0.102. The highest BCUT2D eigenvalue weighted by atomic mass is 35.5. The fourth-order valence-electron chi connectivity index (χ4n) is 2.77. The highest BCUT2D eigenvalue weighted by Crippen LogP contribution is 2.33. The number of benzene rings is 3. The van der Waals surface area contributed by atoms with Gasteiger partial charge in [-0.2, -0.15) is 5.10 Å². The first-order chi connectivity index (χ1) is 13.6. The lowest BCUT2D eigenvalue weighted by atomic mass is 10.1. The number of aromatic nitrogens is 2. The number of para-hydroxylation sites is 3. The highest BCUT2D eigenvalue weighted by molar-refractivity contribution is 6.32. The second-order valence-corrected chi connectivity index (χ2v) is 6.34. The summed E-state index contributed by atoms with van der Waals surface area (Å²) in [6.07, 6.45) is 0. The zero-order chi connectivity index (χ0) is 19.5. The summed E-state index contributed by atoms with van der Waals surface area (Å²) in [6.45, 7) is 0. The first-order valence-electron chi connectivity index (χ1n) is 8.43. The summed E-state index contributed by atoms with van der Waals surface area (Å²) in [5.74, 6) is 0.429. The van der Waals surface area contributed by atoms with E-state index in [1.807, 2.05) is 0 Å². The normalized spacial score (nSPS) is 10.6. The molecule has 138 valence electrons. The van der Waals surface area contributed by atoms with E-state index in [1.54, 1.807) is 72.8 Å². The molecule has 0 saturated heterocycles. The van der Waals surface area contributed by atoms with Gasteiger partial charge in [0, 0.05) is 5.39 Å². The number of H-pyrrole nitrogens is 1. The Morgan fingerprint density at radius 1 is 0.893 bits per heavy atom. The molecule has 0 unspecified atom stereocenters. The predicted molar refractivity (Wildman–Crippen MR) is 108 cm³/mol. The van der Waals surface area contributed by atoms with E-state index < -0.39 is 5.91 Å². The Kier molecular flexibility index (Phi) is 4.78. The Labute approximate surface area is 164 Å². The average Bonchev–Trinajstić information content (AvgIpc) is 2.71. The summed E-state index contributed by atoms with van der Waals surface area (Å²) >= 11 is 6.15. The van der Waals surface area contributed by atoms with Crippen LogP contribution < -0.4 is 15.6 Å². The molecule has 0 aliphatic rings. The lowest BCUT2D eigenvalue weighted by Crippen LogP contribution is -2.19. The smallest absolute Gasteiger partial charge is 0.276 e. The van der Waals surface area contributed by atoms with Gasteiger partial charge < -0.3 is 10.1 Å². The average molecular weight is 392 g/mol. The summed E-state index contributed by atoms with van der Waals surface area (Å²) in [6, 6.07) is 20.8. The summed E-state index contributed by atoms with van der Waals surface area (Å²) in [5, 5.41) is 10.4. The number of fused-ring (bicyclic) bond motifs is 1. The molecule has 4 rings (SSSR count). The molecule has 2 N–H and O–H groups in total. The lowest BCUT2D eigenvalue weighted by Gasteiger charge is -2.13. The van der Waals surface area contributed by atoms with Crippen molar-refractivity contribution in [3.05, 3.63) is 93.9 Å². The number of halogens is 1. The molecule has 0 fully saturated rings. The van der Waals surface area contributed by atoms with Crippen molar-refractivity contribution in [1.29, 1.82) is 0 Å². The second-order valence-electron chi connectivity index (χ2n) is 5.93. The van der Waals surface area contributed by atoms with Gasteiger partial charge in [0.25, 0.3) is 11.5 Å². The molecule has 1 aromatic heterocycles. The molecule has 28 heavy (non-hydrogen) atoms. The number of hydrogen-bond acceptors (Lipinski definition) is 4. The number of carbonyl (C=O) groups excluding carboxylic acids is 1. The topological polar surface area (TPSA) is 84.1 Å². The van der Waals surface area contributed by atoms with Crippen LogP contribution in [0.15, 0.2) is 77.6 Å². The number of anilines is 1. The van der Waals surface area contributed by atoms with Gasteiger partial charge >= 0.3 is 0 Å². The summed E-state index contributed by atoms with van der Waals surface area (Å²) in [4.78, 5) is 24.8. The second kappa shape index (κ2) is 7.54. The van der Waals surface area contributed by atoms with Crippen LogP contribution in [0.25, 0.3) is 10.8 Å². The van der Waals surface area contributed by atoms with Gasteiger partial charge in [-0.1, -0.05) is 54.1 Å². The quantitative estimate of drug-likeness (QED) is 0.531. The summed E-state index contributed by atoms with van der Waals surface area (Å²) in [7, 11) is 0. The minimum atomic E-state index is -0.470. The number of aromatic amines is 1. The molecule has 6 nitrogen and oxygen atoms in total. The van der Waals surface area contributed by atoms with Crippen molar-refractivity contribution < 1.29 is 9.53 Å². The molecule has 4 aromatic rings. The molecule has 7 heteroatoms. The van der Waals surface area contributed by atoms with Crippen LogP contribution in [0.5, 0.6) is 11.5 Å². The van der Waals surface area contributed by atoms with E-state index in [4.69, 9.17) is 16.3 Å². The largest absolute Gasteiger partial charge is 0.454 e. The molecular weight excluding hydrogens is 378 g/mol. The molecule has 0 bridgehead atoms. The number of nitrogens with zero attached hydrogens (tertiary/aromatic N) is 1. The molecule has 0 saturated carbocycles. The zero-order valence-corrected chi connectivity index (χ0v) is 15.2. The highest BCUT2D eigenvalue weighted by Gasteiger charge is 2.16. The van der Waals surface area contributed by atoms with Gasteiger partial charge in [0.1, 0.15) is 5.75 Å². The van der Waals surface area contributed by atoms with Crippen LogP contribution in [0, 0.1) is 0 Å². The van der Waals surface area contributed by atoms with Gasteiger partial charge in [-0.05, 0) is 30.3 Å². The maximum atomic E-state index is 12.8. The Bertz CT molecular complexity index is 1240. The predicted octanol–water partition coefficient (Wildman–Crippen LogP) is 4.62. The van der Waals surface area contributed by atoms with Gasteiger partial charge in [-0.25, -0.2) is 5.10 Å². The van der Waals surface area contributed by atoms with Gasteiger partial charge in [-0.15, -0.1) is 0 Å². The molecule has 1 amide bonds. The molecular formula is C21H14ClN3O3. The molecule has 0 radical (unpaired) electrons. The fourth-order valence-corrected chi connectivity index (χ4v) is 2.95. The van der Waals surface area contributed by atoms with Gasteiger partial charge in [0.2, 0.25) is 0 Å². The molecule has 3 aromatic carbocycles. The van der Waals surface area contributed by atoms with E-state index in [0.29, 0.717) is 33.0 Å². The SMILES string of the molecule is O=C(Nc1ccccc1Oc1ccccc1Cl)c1n[nH]c(=O)c2ccccc12. The number of ether oxygens (including phenoxy) is 1. The van der Waals surface area contributed by atoms with Crippen molar-refractivity contribution >= 4 is 34.0 Å². The minimum absolute atomic E-state index is 0.114. The van der Waals surface area contributed by atoms with Crippen molar-refractivity contribution in [3.63, 3.8) is 0 Å². The Morgan fingerprint density at radius 3 is 2.32 bits per heavy atom. The van der Waals surface area contributed by atoms with Crippen LogP contribution in [0.3, 0.4) is 0 Å². The van der Waals surface area contributed by atoms with Crippen LogP contribution in [-0.4, -0.2) is 16.1 Å². The molecule has 0 aliphatic carbocycles. The van der Waals surface area contributed by atoms with Crippen LogP contribution in [-0.2, 0) is 0 Å². The van der Waals surface area contributed by atoms with Gasteiger partial charge in [-0.3, -0.25) is 9.59 Å². The summed E-state index contributed by atoms with van der Waals surface area (Å²) in [5.41, 5.74) is 0.210. The number of hydrogen-bond donors (Lipinski definition) is 2. The van der Waals surface area contributed by atoms with E-state index in [2.05, 4.69) is 15.5 Å². The van der Waals surface area contributed by atoms with Gasteiger partial charge in [0.15, 0.2) is 11.4 Å². The number of amides is 1. The first kappa shape index (κ1) is 17.8. The standard InChI is InChI=1S/C21H14ClN3O3/c22-15-9-3-5-11-17(15)28-18-12-6-4-10-16(18)23-21(27)19-13-7-1-2-8-14(13)20(26)25-24-19/h1-12H,(H,23,27)(H,25,26). The van der Waals surface area contributed by atoms with Crippen molar-refractivity contribution in [2.24, 2.45) is 0 Å². The van der Waals surface area contributed by atoms with Crippen molar-refractivity contribution in [2.75, 3.05) is 5.32 Å². The molecule has 0 atom stereocenters. The van der Waals surface area contributed by atoms with Crippen LogP contribution in [0.1, 0.15) is 10.5 Å². The molecule has 1 heterocycles. The van der Waals surface area contributed by atoms with E-state index >= 15 is 0 Å². The maximum Gasteiger partial charge on any atom is 0.276 e. The van der Waals surface area contributed by atoms with Crippen molar-refractivity contribution in [2.45, 2.75) is 0 Å². The number of rotatable bonds is 4. The van der Waals surface area contributed by atoms with Crippen molar-refractivity contribution in [3.8, 4) is 11.5 Å². The van der Waals surface area contributed by atoms with Crippen LogP contribution >= 0.6 is 11.6 Å². The van der Waals surface area contributed by atoms with E-state index in [-0.39, 0.29) is 11.3 Å². The Balaban J connectivity index is 1.67. The third-order valence-corrected chi connectivity index (χ3v) is 4.42. The molecule has 0 aliphatic heterocycles. The minimum Gasteiger partial charge on any atom is -0.454 e. The Hall–Kier alpha value is -3.64. The third-order valence-electron chi connectivity index (χ3n) is 4.10. The van der Waals surface area contributed by atoms with Crippen LogP contribution in [0.2, 0.25) is 5.02 Å². The van der Waals surface area contributed by atoms with Crippen molar-refractivity contribution in [1.82, 2.24) is 10.2 Å². The summed E-state index contributed by atoms with van der Waals surface area (Å²) < 4.78 is 5.86. The van der Waals surface area contributed by atoms with E-state index in [9.17, 15) is 9.59 Å². The van der Waals surface area contributed by atoms with Gasteiger partial charge in [0.05, 0.1) is 16.1 Å². The van der Waals surface area contributed by atoms with Crippen LogP contribution in [0.4, 0.5) is 5.69 Å². The zero-order valence-electron chi connectivity index (χ0n) is 14.5. The van der Waals surface area contributed by atoms with E-state index in [1.165, 1.54) is 0 Å². The first-order valence-corrected chi connectivity index (χ1v) is 8.81. The number of carbonyl (C=O) groups is 1. The fraction of sp³-hybridized carbons (Fsp3) is 0. The third kappa shape index (κ3) is 3.45. The Morgan fingerprint density at radius 2 is 1.54 bits per heavy atom. The monoisotopic (exact) mass is 391 g/mol.